The molecule has 0 aliphatic carbocycles. The van der Waals surface area contributed by atoms with Crippen LogP contribution >= 0.6 is 24.0 Å². The summed E-state index contributed by atoms with van der Waals surface area (Å²) in [5.41, 5.74) is 0. The number of nitrogens with zero attached hydrogens (tertiary/aromatic N) is 6. The van der Waals surface area contributed by atoms with Crippen molar-refractivity contribution in [3.05, 3.63) is 36.5 Å². The molecule has 1 aliphatic rings. The minimum atomic E-state index is 0. The van der Waals surface area contributed by atoms with E-state index in [1.807, 2.05) is 18.3 Å². The highest BCUT2D eigenvalue weighted by Crippen LogP contribution is 2.17. The Morgan fingerprint density at radius 3 is 2.75 bits per heavy atom. The van der Waals surface area contributed by atoms with Crippen LogP contribution in [0.3, 0.4) is 0 Å². The second-order valence-corrected chi connectivity index (χ2v) is 6.65. The lowest BCUT2D eigenvalue weighted by Gasteiger charge is -2.33. The first-order chi connectivity index (χ1) is 13.3. The van der Waals surface area contributed by atoms with E-state index in [0.717, 1.165) is 63.0 Å². The van der Waals surface area contributed by atoms with Crippen LogP contribution in [0.2, 0.25) is 0 Å². The zero-order valence-corrected chi connectivity index (χ0v) is 19.0. The summed E-state index contributed by atoms with van der Waals surface area (Å²) in [6.07, 6.45) is 6.67. The lowest BCUT2D eigenvalue weighted by molar-refractivity contribution is 0.459. The number of aliphatic imine (C=N–C) groups is 1. The fourth-order valence-corrected chi connectivity index (χ4v) is 3.32. The second kappa shape index (κ2) is 11.8. The van der Waals surface area contributed by atoms with Crippen LogP contribution in [0.5, 0.6) is 0 Å². The zero-order valence-electron chi connectivity index (χ0n) is 16.7. The summed E-state index contributed by atoms with van der Waals surface area (Å²) in [5, 5.41) is 15.0. The first-order valence-corrected chi connectivity index (χ1v) is 9.87. The molecule has 0 amide bonds. The molecule has 1 aliphatic heterocycles. The van der Waals surface area contributed by atoms with Crippen LogP contribution < -0.4 is 15.5 Å². The van der Waals surface area contributed by atoms with Gasteiger partial charge in [0.05, 0.1) is 6.54 Å². The van der Waals surface area contributed by atoms with Crippen LogP contribution in [-0.4, -0.2) is 57.9 Å². The molecular weight excluding hydrogens is 467 g/mol. The van der Waals surface area contributed by atoms with Gasteiger partial charge in [-0.1, -0.05) is 13.0 Å². The molecule has 154 valence electrons. The molecule has 0 saturated carbocycles. The van der Waals surface area contributed by atoms with Gasteiger partial charge in [-0.2, -0.15) is 0 Å². The third-order valence-corrected chi connectivity index (χ3v) is 4.78. The van der Waals surface area contributed by atoms with E-state index in [9.17, 15) is 0 Å². The van der Waals surface area contributed by atoms with Crippen molar-refractivity contribution in [2.75, 3.05) is 31.1 Å². The van der Waals surface area contributed by atoms with E-state index in [1.165, 1.54) is 0 Å². The van der Waals surface area contributed by atoms with Crippen LogP contribution in [0.1, 0.15) is 32.5 Å². The highest BCUT2D eigenvalue weighted by molar-refractivity contribution is 14.0. The van der Waals surface area contributed by atoms with Crippen molar-refractivity contribution in [2.45, 2.75) is 45.7 Å². The fourth-order valence-electron chi connectivity index (χ4n) is 3.32. The SMILES string of the molecule is CCNC(=NCCn1cnnc1CC)NC1CCN(c2ccccn2)CC1.I. The van der Waals surface area contributed by atoms with Gasteiger partial charge in [-0.25, -0.2) is 4.98 Å². The number of guanidine groups is 1. The van der Waals surface area contributed by atoms with Crippen molar-refractivity contribution in [3.63, 3.8) is 0 Å². The van der Waals surface area contributed by atoms with E-state index in [1.54, 1.807) is 6.33 Å². The van der Waals surface area contributed by atoms with Crippen molar-refractivity contribution >= 4 is 35.8 Å². The Balaban J connectivity index is 0.00000280. The summed E-state index contributed by atoms with van der Waals surface area (Å²) in [6.45, 7) is 8.55. The van der Waals surface area contributed by atoms with Gasteiger partial charge in [-0.15, -0.1) is 34.2 Å². The van der Waals surface area contributed by atoms with Gasteiger partial charge in [-0.3, -0.25) is 4.99 Å². The summed E-state index contributed by atoms with van der Waals surface area (Å²) in [4.78, 5) is 11.5. The number of pyridine rings is 1. The van der Waals surface area contributed by atoms with Crippen LogP contribution in [0.15, 0.2) is 35.7 Å². The Bertz CT molecular complexity index is 710. The number of halogens is 1. The average Bonchev–Trinajstić information content (AvgIpc) is 3.17. The first-order valence-electron chi connectivity index (χ1n) is 9.87. The molecular formula is C19H31IN8. The predicted molar refractivity (Wildman–Crippen MR) is 123 cm³/mol. The maximum Gasteiger partial charge on any atom is 0.191 e. The van der Waals surface area contributed by atoms with Gasteiger partial charge in [0.15, 0.2) is 5.96 Å². The molecule has 2 aromatic heterocycles. The van der Waals surface area contributed by atoms with Gasteiger partial charge in [0.25, 0.3) is 0 Å². The highest BCUT2D eigenvalue weighted by Gasteiger charge is 2.20. The number of hydrogen-bond acceptors (Lipinski definition) is 5. The lowest BCUT2D eigenvalue weighted by atomic mass is 10.1. The molecule has 28 heavy (non-hydrogen) atoms. The van der Waals surface area contributed by atoms with Gasteiger partial charge in [0.1, 0.15) is 18.0 Å². The Hall–Kier alpha value is -1.91. The lowest BCUT2D eigenvalue weighted by Crippen LogP contribution is -2.49. The van der Waals surface area contributed by atoms with E-state index in [2.05, 4.69) is 55.2 Å². The van der Waals surface area contributed by atoms with Gasteiger partial charge < -0.3 is 20.1 Å². The van der Waals surface area contributed by atoms with Gasteiger partial charge >= 0.3 is 0 Å². The summed E-state index contributed by atoms with van der Waals surface area (Å²) in [7, 11) is 0. The van der Waals surface area contributed by atoms with Crippen molar-refractivity contribution in [1.82, 2.24) is 30.4 Å². The van der Waals surface area contributed by atoms with Crippen LogP contribution in [0.25, 0.3) is 0 Å². The number of anilines is 1. The second-order valence-electron chi connectivity index (χ2n) is 6.65. The maximum atomic E-state index is 4.73. The third kappa shape index (κ3) is 6.32. The Morgan fingerprint density at radius 1 is 1.25 bits per heavy atom. The molecule has 0 aromatic carbocycles. The topological polar surface area (TPSA) is 83.3 Å². The number of hydrogen-bond donors (Lipinski definition) is 2. The number of piperidine rings is 1. The molecule has 9 heteroatoms. The number of nitrogens with one attached hydrogen (secondary N) is 2. The minimum Gasteiger partial charge on any atom is -0.357 e. The summed E-state index contributed by atoms with van der Waals surface area (Å²) in [6, 6.07) is 6.51. The largest absolute Gasteiger partial charge is 0.357 e. The molecule has 1 fully saturated rings. The Labute approximate surface area is 184 Å². The van der Waals surface area contributed by atoms with E-state index in [0.29, 0.717) is 12.6 Å². The number of aryl methyl sites for hydroxylation is 1. The first kappa shape index (κ1) is 22.4. The Morgan fingerprint density at radius 2 is 2.07 bits per heavy atom. The molecule has 2 N–H and O–H groups in total. The van der Waals surface area contributed by atoms with Crippen molar-refractivity contribution in [3.8, 4) is 0 Å². The van der Waals surface area contributed by atoms with E-state index in [4.69, 9.17) is 4.99 Å². The number of rotatable bonds is 7. The fraction of sp³-hybridized carbons (Fsp3) is 0.579. The van der Waals surface area contributed by atoms with Gasteiger partial charge in [0.2, 0.25) is 0 Å². The standard InChI is InChI=1S/C19H30N8.HI/c1-3-17-25-23-15-27(17)14-11-22-19(20-4-2)24-16-8-12-26(13-9-16)18-7-5-6-10-21-18;/h5-7,10,15-16H,3-4,8-9,11-14H2,1-2H3,(H2,20,22,24);1H. The molecule has 3 rings (SSSR count). The molecule has 0 unspecified atom stereocenters. The van der Waals surface area contributed by atoms with Crippen LogP contribution in [0, 0.1) is 0 Å². The minimum absolute atomic E-state index is 0. The molecule has 2 aromatic rings. The van der Waals surface area contributed by atoms with E-state index >= 15 is 0 Å². The molecule has 0 radical (unpaired) electrons. The van der Waals surface area contributed by atoms with Crippen LogP contribution in [-0.2, 0) is 13.0 Å². The van der Waals surface area contributed by atoms with E-state index in [-0.39, 0.29) is 24.0 Å². The summed E-state index contributed by atoms with van der Waals surface area (Å²) >= 11 is 0. The molecule has 3 heterocycles. The quantitative estimate of drug-likeness (QED) is 0.346. The summed E-state index contributed by atoms with van der Waals surface area (Å²) in [5.74, 6) is 2.96. The van der Waals surface area contributed by atoms with Crippen molar-refractivity contribution in [2.24, 2.45) is 4.99 Å². The smallest absolute Gasteiger partial charge is 0.191 e. The van der Waals surface area contributed by atoms with Crippen molar-refractivity contribution in [1.29, 1.82) is 0 Å². The molecule has 0 spiro atoms. The van der Waals surface area contributed by atoms with Crippen molar-refractivity contribution < 1.29 is 0 Å². The maximum absolute atomic E-state index is 4.73. The predicted octanol–water partition coefficient (Wildman–Crippen LogP) is 2.08. The molecule has 8 nitrogen and oxygen atoms in total. The Kier molecular flexibility index (Phi) is 9.45. The molecule has 1 saturated heterocycles. The van der Waals surface area contributed by atoms with Gasteiger partial charge in [-0.05, 0) is 31.9 Å². The highest BCUT2D eigenvalue weighted by atomic mass is 127. The third-order valence-electron chi connectivity index (χ3n) is 4.78. The summed E-state index contributed by atoms with van der Waals surface area (Å²) < 4.78 is 2.07. The van der Waals surface area contributed by atoms with E-state index < -0.39 is 0 Å². The molecule has 0 atom stereocenters. The number of aromatic nitrogens is 4. The molecule has 0 bridgehead atoms. The zero-order chi connectivity index (χ0) is 18.9. The normalized spacial score (nSPS) is 15.2. The van der Waals surface area contributed by atoms with Gasteiger partial charge in [0, 0.05) is 44.8 Å². The monoisotopic (exact) mass is 498 g/mol. The average molecular weight is 498 g/mol. The van der Waals surface area contributed by atoms with Crippen LogP contribution in [0.4, 0.5) is 5.82 Å².